The summed E-state index contributed by atoms with van der Waals surface area (Å²) >= 11 is 3.40. The molecule has 23 heavy (non-hydrogen) atoms. The van der Waals surface area contributed by atoms with Crippen molar-refractivity contribution in [1.82, 2.24) is 14.8 Å². The largest absolute Gasteiger partial charge is 0.374 e. The topological polar surface area (TPSA) is 43.2 Å². The fourth-order valence-corrected chi connectivity index (χ4v) is 3.29. The molecule has 0 bridgehead atoms. The first-order chi connectivity index (χ1) is 11.0. The van der Waals surface area contributed by atoms with E-state index in [4.69, 9.17) is 4.74 Å². The van der Waals surface area contributed by atoms with Gasteiger partial charge in [0.15, 0.2) is 5.82 Å². The lowest BCUT2D eigenvalue weighted by Crippen LogP contribution is -2.45. The highest BCUT2D eigenvalue weighted by molar-refractivity contribution is 9.10. The average molecular weight is 383 g/mol. The Kier molecular flexibility index (Phi) is 4.68. The highest BCUT2D eigenvalue weighted by Gasteiger charge is 2.26. The van der Waals surface area contributed by atoms with Crippen LogP contribution in [0.2, 0.25) is 0 Å². The molecule has 2 heterocycles. The molecular weight excluding hydrogens is 363 g/mol. The van der Waals surface area contributed by atoms with Gasteiger partial charge in [0, 0.05) is 30.2 Å². The molecular formula is C16H20BrFN4O. The Balaban J connectivity index is 1.90. The van der Waals surface area contributed by atoms with Crippen LogP contribution in [0.25, 0.3) is 11.4 Å². The summed E-state index contributed by atoms with van der Waals surface area (Å²) in [6, 6.07) is 4.58. The van der Waals surface area contributed by atoms with Crippen LogP contribution in [0.4, 0.5) is 10.3 Å². The molecule has 0 spiro atoms. The summed E-state index contributed by atoms with van der Waals surface area (Å²) in [6.45, 7) is 6.59. The molecule has 0 saturated carbocycles. The van der Waals surface area contributed by atoms with Crippen molar-refractivity contribution in [3.8, 4) is 11.4 Å². The Hall–Kier alpha value is -1.47. The van der Waals surface area contributed by atoms with Crippen molar-refractivity contribution in [3.63, 3.8) is 0 Å². The molecule has 2 aromatic rings. The molecule has 0 N–H and O–H groups in total. The van der Waals surface area contributed by atoms with Gasteiger partial charge in [-0.15, -0.1) is 10.2 Å². The highest BCUT2D eigenvalue weighted by atomic mass is 79.9. The zero-order valence-electron chi connectivity index (χ0n) is 13.5. The Morgan fingerprint density at radius 3 is 2.83 bits per heavy atom. The molecule has 1 aliphatic heterocycles. The molecule has 1 aromatic carbocycles. The van der Waals surface area contributed by atoms with Crippen LogP contribution in [0.3, 0.4) is 0 Å². The number of aromatic nitrogens is 3. The quantitative estimate of drug-likeness (QED) is 0.816. The van der Waals surface area contributed by atoms with E-state index in [0.717, 1.165) is 24.6 Å². The van der Waals surface area contributed by atoms with E-state index in [-0.39, 0.29) is 11.9 Å². The monoisotopic (exact) mass is 382 g/mol. The molecule has 0 radical (unpaired) electrons. The molecule has 1 saturated heterocycles. The molecule has 0 aliphatic carbocycles. The third-order valence-electron chi connectivity index (χ3n) is 4.14. The van der Waals surface area contributed by atoms with Gasteiger partial charge in [-0.05, 0) is 40.0 Å². The van der Waals surface area contributed by atoms with E-state index >= 15 is 0 Å². The maximum atomic E-state index is 13.3. The van der Waals surface area contributed by atoms with Crippen molar-refractivity contribution in [2.75, 3.05) is 24.6 Å². The number of benzene rings is 1. The standard InChI is InChI=1S/C16H20BrFN4O/c1-10(2)14-9-22(6-7-23-14)16-20-19-15(21(16)3)12-5-4-11(18)8-13(12)17/h4-5,8,10,14H,6-7,9H2,1-3H3/t14-/m1/s1. The molecule has 3 rings (SSSR count). The van der Waals surface area contributed by atoms with Gasteiger partial charge >= 0.3 is 0 Å². The molecule has 7 heteroatoms. The van der Waals surface area contributed by atoms with Gasteiger partial charge in [-0.1, -0.05) is 13.8 Å². The van der Waals surface area contributed by atoms with Gasteiger partial charge < -0.3 is 9.64 Å². The molecule has 5 nitrogen and oxygen atoms in total. The summed E-state index contributed by atoms with van der Waals surface area (Å²) in [7, 11) is 1.93. The van der Waals surface area contributed by atoms with E-state index in [1.807, 2.05) is 11.6 Å². The minimum absolute atomic E-state index is 0.196. The Morgan fingerprint density at radius 1 is 1.35 bits per heavy atom. The van der Waals surface area contributed by atoms with Crippen LogP contribution in [0.5, 0.6) is 0 Å². The maximum absolute atomic E-state index is 13.3. The minimum atomic E-state index is -0.282. The van der Waals surface area contributed by atoms with E-state index in [1.54, 1.807) is 6.07 Å². The Bertz CT molecular complexity index is 703. The van der Waals surface area contributed by atoms with Crippen molar-refractivity contribution in [3.05, 3.63) is 28.5 Å². The van der Waals surface area contributed by atoms with Crippen molar-refractivity contribution in [2.45, 2.75) is 20.0 Å². The van der Waals surface area contributed by atoms with E-state index in [0.29, 0.717) is 22.8 Å². The highest BCUT2D eigenvalue weighted by Crippen LogP contribution is 2.29. The molecule has 0 amide bonds. The number of nitrogens with zero attached hydrogens (tertiary/aromatic N) is 4. The fraction of sp³-hybridized carbons (Fsp3) is 0.500. The molecule has 124 valence electrons. The van der Waals surface area contributed by atoms with Gasteiger partial charge in [0.25, 0.3) is 0 Å². The summed E-state index contributed by atoms with van der Waals surface area (Å²) in [5.74, 6) is 1.69. The number of morpholine rings is 1. The summed E-state index contributed by atoms with van der Waals surface area (Å²) in [4.78, 5) is 2.20. The van der Waals surface area contributed by atoms with Crippen molar-refractivity contribution in [2.24, 2.45) is 13.0 Å². The zero-order valence-corrected chi connectivity index (χ0v) is 15.0. The predicted octanol–water partition coefficient (Wildman–Crippen LogP) is 3.24. The third-order valence-corrected chi connectivity index (χ3v) is 4.80. The van der Waals surface area contributed by atoms with Gasteiger partial charge in [-0.25, -0.2) is 4.39 Å². The number of ether oxygens (including phenoxy) is 1. The Labute approximate surface area is 143 Å². The van der Waals surface area contributed by atoms with Gasteiger partial charge in [0.2, 0.25) is 5.95 Å². The van der Waals surface area contributed by atoms with Gasteiger partial charge in [-0.2, -0.15) is 0 Å². The van der Waals surface area contributed by atoms with Crippen LogP contribution < -0.4 is 4.90 Å². The Morgan fingerprint density at radius 2 is 2.13 bits per heavy atom. The summed E-state index contributed by atoms with van der Waals surface area (Å²) in [5, 5.41) is 8.64. The summed E-state index contributed by atoms with van der Waals surface area (Å²) in [5.41, 5.74) is 0.821. The molecule has 1 atom stereocenters. The van der Waals surface area contributed by atoms with Crippen LogP contribution in [0.1, 0.15) is 13.8 Å². The van der Waals surface area contributed by atoms with Crippen LogP contribution in [0.15, 0.2) is 22.7 Å². The van der Waals surface area contributed by atoms with Gasteiger partial charge in [0.1, 0.15) is 5.82 Å². The molecule has 0 unspecified atom stereocenters. The normalized spacial score (nSPS) is 18.7. The lowest BCUT2D eigenvalue weighted by molar-refractivity contribution is 0.0108. The molecule has 1 aliphatic rings. The first-order valence-corrected chi connectivity index (χ1v) is 8.48. The van der Waals surface area contributed by atoms with E-state index in [2.05, 4.69) is 44.9 Å². The number of anilines is 1. The summed E-state index contributed by atoms with van der Waals surface area (Å²) in [6.07, 6.45) is 0.196. The SMILES string of the molecule is CC(C)[C@H]1CN(c2nnc(-c3ccc(F)cc3Br)n2C)CCO1. The number of hydrogen-bond donors (Lipinski definition) is 0. The third kappa shape index (κ3) is 3.26. The minimum Gasteiger partial charge on any atom is -0.374 e. The second-order valence-electron chi connectivity index (χ2n) is 6.11. The zero-order chi connectivity index (χ0) is 16.6. The van der Waals surface area contributed by atoms with E-state index in [9.17, 15) is 4.39 Å². The van der Waals surface area contributed by atoms with Gasteiger partial charge in [0.05, 0.1) is 12.7 Å². The maximum Gasteiger partial charge on any atom is 0.227 e. The smallest absolute Gasteiger partial charge is 0.227 e. The molecule has 1 fully saturated rings. The van der Waals surface area contributed by atoms with E-state index in [1.165, 1.54) is 12.1 Å². The van der Waals surface area contributed by atoms with Crippen molar-refractivity contribution in [1.29, 1.82) is 0 Å². The van der Waals surface area contributed by atoms with E-state index < -0.39 is 0 Å². The van der Waals surface area contributed by atoms with Crippen LogP contribution >= 0.6 is 15.9 Å². The molecule has 1 aromatic heterocycles. The fourth-order valence-electron chi connectivity index (χ4n) is 2.76. The van der Waals surface area contributed by atoms with Crippen molar-refractivity contribution >= 4 is 21.9 Å². The van der Waals surface area contributed by atoms with Crippen LogP contribution in [-0.4, -0.2) is 40.6 Å². The average Bonchev–Trinajstić information content (AvgIpc) is 2.89. The lowest BCUT2D eigenvalue weighted by Gasteiger charge is -2.35. The first-order valence-electron chi connectivity index (χ1n) is 7.68. The van der Waals surface area contributed by atoms with Crippen LogP contribution in [0, 0.1) is 11.7 Å². The number of hydrogen-bond acceptors (Lipinski definition) is 4. The van der Waals surface area contributed by atoms with Gasteiger partial charge in [-0.3, -0.25) is 4.57 Å². The van der Waals surface area contributed by atoms with Crippen molar-refractivity contribution < 1.29 is 9.13 Å². The number of rotatable bonds is 3. The van der Waals surface area contributed by atoms with Crippen LogP contribution in [-0.2, 0) is 11.8 Å². The summed E-state index contributed by atoms with van der Waals surface area (Å²) < 4.78 is 21.7. The second-order valence-corrected chi connectivity index (χ2v) is 6.96. The second kappa shape index (κ2) is 6.57. The lowest BCUT2D eigenvalue weighted by atomic mass is 10.1. The first kappa shape index (κ1) is 16.4. The number of halogens is 2. The predicted molar refractivity (Wildman–Crippen MR) is 90.9 cm³/mol.